The Balaban J connectivity index is 2.02. The molecule has 0 saturated carbocycles. The van der Waals surface area contributed by atoms with Crippen molar-refractivity contribution in [3.63, 3.8) is 0 Å². The first-order valence-electron chi connectivity index (χ1n) is 5.69. The van der Waals surface area contributed by atoms with Gasteiger partial charge in [-0.15, -0.1) is 11.3 Å². The number of hydrogen-bond acceptors (Lipinski definition) is 4. The summed E-state index contributed by atoms with van der Waals surface area (Å²) in [6, 6.07) is 2.05. The third-order valence-electron chi connectivity index (χ3n) is 2.37. The standard InChI is InChI=1S/C12H18N4S/c1-12(2,3)14-8-10-4-5-15-16(10)9-11-13-6-7-17-11/h4-7,14H,8-9H2,1-3H3. The summed E-state index contributed by atoms with van der Waals surface area (Å²) in [7, 11) is 0. The summed E-state index contributed by atoms with van der Waals surface area (Å²) in [4.78, 5) is 4.28. The van der Waals surface area contributed by atoms with Crippen molar-refractivity contribution in [2.75, 3.05) is 0 Å². The summed E-state index contributed by atoms with van der Waals surface area (Å²) in [5.74, 6) is 0. The van der Waals surface area contributed by atoms with Gasteiger partial charge >= 0.3 is 0 Å². The van der Waals surface area contributed by atoms with Crippen LogP contribution in [0.15, 0.2) is 23.8 Å². The van der Waals surface area contributed by atoms with Crippen LogP contribution in [-0.4, -0.2) is 20.3 Å². The van der Waals surface area contributed by atoms with Crippen LogP contribution < -0.4 is 5.32 Å². The van der Waals surface area contributed by atoms with Gasteiger partial charge in [0.2, 0.25) is 0 Å². The van der Waals surface area contributed by atoms with E-state index < -0.39 is 0 Å². The molecule has 0 aliphatic heterocycles. The minimum atomic E-state index is 0.121. The third kappa shape index (κ3) is 3.64. The lowest BCUT2D eigenvalue weighted by Gasteiger charge is -2.20. The molecule has 17 heavy (non-hydrogen) atoms. The zero-order valence-electron chi connectivity index (χ0n) is 10.5. The van der Waals surface area contributed by atoms with E-state index in [1.165, 1.54) is 5.69 Å². The number of hydrogen-bond donors (Lipinski definition) is 1. The van der Waals surface area contributed by atoms with Crippen molar-refractivity contribution >= 4 is 11.3 Å². The molecule has 2 aromatic rings. The van der Waals surface area contributed by atoms with Gasteiger partial charge in [-0.2, -0.15) is 5.10 Å². The van der Waals surface area contributed by atoms with E-state index in [0.717, 1.165) is 18.1 Å². The molecule has 0 atom stereocenters. The lowest BCUT2D eigenvalue weighted by Crippen LogP contribution is -2.35. The van der Waals surface area contributed by atoms with Crippen molar-refractivity contribution in [2.45, 2.75) is 39.4 Å². The summed E-state index contributed by atoms with van der Waals surface area (Å²) in [5.41, 5.74) is 1.31. The zero-order chi connectivity index (χ0) is 12.3. The van der Waals surface area contributed by atoms with Crippen molar-refractivity contribution < 1.29 is 0 Å². The van der Waals surface area contributed by atoms with Crippen molar-refractivity contribution in [1.29, 1.82) is 0 Å². The van der Waals surface area contributed by atoms with Crippen LogP contribution in [0.25, 0.3) is 0 Å². The fourth-order valence-electron chi connectivity index (χ4n) is 1.47. The van der Waals surface area contributed by atoms with Gasteiger partial charge in [-0.3, -0.25) is 4.68 Å². The van der Waals surface area contributed by atoms with E-state index in [1.807, 2.05) is 28.5 Å². The Morgan fingerprint density at radius 3 is 2.82 bits per heavy atom. The average molecular weight is 250 g/mol. The molecule has 1 N–H and O–H groups in total. The minimum absolute atomic E-state index is 0.121. The van der Waals surface area contributed by atoms with Crippen LogP contribution in [0.4, 0.5) is 0 Å². The molecular weight excluding hydrogens is 232 g/mol. The second-order valence-electron chi connectivity index (χ2n) is 5.01. The molecule has 0 spiro atoms. The Hall–Kier alpha value is -1.20. The predicted molar refractivity (Wildman–Crippen MR) is 70.0 cm³/mol. The van der Waals surface area contributed by atoms with Gasteiger partial charge in [0.1, 0.15) is 5.01 Å². The average Bonchev–Trinajstić information content (AvgIpc) is 2.86. The highest BCUT2D eigenvalue weighted by molar-refractivity contribution is 7.09. The number of rotatable bonds is 4. The van der Waals surface area contributed by atoms with Crippen molar-refractivity contribution in [3.8, 4) is 0 Å². The quantitative estimate of drug-likeness (QED) is 0.905. The maximum atomic E-state index is 4.34. The molecule has 0 saturated heterocycles. The Morgan fingerprint density at radius 2 is 2.18 bits per heavy atom. The lowest BCUT2D eigenvalue weighted by atomic mass is 10.1. The molecule has 2 heterocycles. The van der Waals surface area contributed by atoms with Gasteiger partial charge in [0.15, 0.2) is 0 Å². The third-order valence-corrected chi connectivity index (χ3v) is 3.14. The van der Waals surface area contributed by atoms with E-state index in [1.54, 1.807) is 11.3 Å². The normalized spacial score (nSPS) is 11.9. The fraction of sp³-hybridized carbons (Fsp3) is 0.500. The minimum Gasteiger partial charge on any atom is -0.306 e. The maximum Gasteiger partial charge on any atom is 0.114 e. The highest BCUT2D eigenvalue weighted by Crippen LogP contribution is 2.09. The Morgan fingerprint density at radius 1 is 1.35 bits per heavy atom. The number of thiazole rings is 1. The second kappa shape index (κ2) is 4.98. The van der Waals surface area contributed by atoms with Crippen LogP contribution in [0.5, 0.6) is 0 Å². The van der Waals surface area contributed by atoms with Gasteiger partial charge in [-0.05, 0) is 26.8 Å². The Bertz CT molecular complexity index is 453. The van der Waals surface area contributed by atoms with Gasteiger partial charge in [0.25, 0.3) is 0 Å². The maximum absolute atomic E-state index is 4.34. The van der Waals surface area contributed by atoms with Crippen LogP contribution >= 0.6 is 11.3 Å². The van der Waals surface area contributed by atoms with Crippen molar-refractivity contribution in [3.05, 3.63) is 34.5 Å². The van der Waals surface area contributed by atoms with Crippen LogP contribution in [0.3, 0.4) is 0 Å². The molecule has 2 rings (SSSR count). The molecule has 4 nitrogen and oxygen atoms in total. The van der Waals surface area contributed by atoms with Crippen molar-refractivity contribution in [1.82, 2.24) is 20.1 Å². The van der Waals surface area contributed by atoms with Crippen LogP contribution in [0.1, 0.15) is 31.5 Å². The first kappa shape index (κ1) is 12.3. The van der Waals surface area contributed by atoms with Gasteiger partial charge in [-0.1, -0.05) is 0 Å². The van der Waals surface area contributed by atoms with Crippen LogP contribution in [0.2, 0.25) is 0 Å². The molecule has 5 heteroatoms. The summed E-state index contributed by atoms with van der Waals surface area (Å²) < 4.78 is 2.00. The van der Waals surface area contributed by atoms with Gasteiger partial charge < -0.3 is 5.32 Å². The van der Waals surface area contributed by atoms with Gasteiger partial charge in [-0.25, -0.2) is 4.98 Å². The molecule has 92 valence electrons. The predicted octanol–water partition coefficient (Wildman–Crippen LogP) is 2.28. The summed E-state index contributed by atoms with van der Waals surface area (Å²) >= 11 is 1.66. The van der Waals surface area contributed by atoms with E-state index in [4.69, 9.17) is 0 Å². The number of aromatic nitrogens is 3. The molecular formula is C12H18N4S. The molecule has 0 bridgehead atoms. The van der Waals surface area contributed by atoms with Crippen molar-refractivity contribution in [2.24, 2.45) is 0 Å². The highest BCUT2D eigenvalue weighted by Gasteiger charge is 2.11. The Kier molecular flexibility index (Phi) is 3.59. The summed E-state index contributed by atoms with van der Waals surface area (Å²) in [6.45, 7) is 8.07. The molecule has 0 aliphatic rings. The molecule has 0 fully saturated rings. The van der Waals surface area contributed by atoms with E-state index >= 15 is 0 Å². The van der Waals surface area contributed by atoms with Gasteiger partial charge in [0, 0.05) is 29.9 Å². The number of nitrogens with zero attached hydrogens (tertiary/aromatic N) is 3. The molecule has 0 amide bonds. The van der Waals surface area contributed by atoms with Crippen LogP contribution in [-0.2, 0) is 13.1 Å². The van der Waals surface area contributed by atoms with E-state index in [-0.39, 0.29) is 5.54 Å². The second-order valence-corrected chi connectivity index (χ2v) is 5.99. The Labute approximate surface area is 106 Å². The molecule has 0 radical (unpaired) electrons. The van der Waals surface area contributed by atoms with E-state index in [2.05, 4.69) is 36.2 Å². The van der Waals surface area contributed by atoms with Crippen LogP contribution in [0, 0.1) is 0 Å². The molecule has 0 aliphatic carbocycles. The molecule has 0 aromatic carbocycles. The summed E-state index contributed by atoms with van der Waals surface area (Å²) in [6.07, 6.45) is 3.67. The first-order valence-corrected chi connectivity index (χ1v) is 6.57. The molecule has 0 unspecified atom stereocenters. The highest BCUT2D eigenvalue weighted by atomic mass is 32.1. The largest absolute Gasteiger partial charge is 0.306 e. The summed E-state index contributed by atoms with van der Waals surface area (Å²) in [5, 5.41) is 10.9. The number of nitrogens with one attached hydrogen (secondary N) is 1. The zero-order valence-corrected chi connectivity index (χ0v) is 11.3. The van der Waals surface area contributed by atoms with E-state index in [9.17, 15) is 0 Å². The lowest BCUT2D eigenvalue weighted by molar-refractivity contribution is 0.414. The monoisotopic (exact) mass is 250 g/mol. The molecule has 2 aromatic heterocycles. The van der Waals surface area contributed by atoms with E-state index in [0.29, 0.717) is 0 Å². The first-order chi connectivity index (χ1) is 8.04. The van der Waals surface area contributed by atoms with Gasteiger partial charge in [0.05, 0.1) is 12.2 Å². The SMILES string of the molecule is CC(C)(C)NCc1ccnn1Cc1nccs1. The smallest absolute Gasteiger partial charge is 0.114 e. The fourth-order valence-corrected chi connectivity index (χ4v) is 2.06. The topological polar surface area (TPSA) is 42.7 Å².